The maximum atomic E-state index is 12.1. The maximum Gasteiger partial charge on any atom is 0.214 e. The fraction of sp³-hybridized carbons (Fsp3) is 1.00. The summed E-state index contributed by atoms with van der Waals surface area (Å²) in [6.07, 6.45) is 6.84. The molecule has 0 bridgehead atoms. The SMILES string of the molecule is CCC(CC)C(N)CNS(=O)(=O)C1CCCCC1. The molecular formula is C13H28N2O2S. The number of sulfonamides is 1. The Hall–Kier alpha value is -0.130. The second kappa shape index (κ2) is 7.46. The molecule has 1 aliphatic carbocycles. The van der Waals surface area contributed by atoms with Crippen molar-refractivity contribution >= 4 is 10.0 Å². The summed E-state index contributed by atoms with van der Waals surface area (Å²) in [5.41, 5.74) is 6.05. The van der Waals surface area contributed by atoms with Gasteiger partial charge < -0.3 is 5.73 Å². The van der Waals surface area contributed by atoms with Crippen LogP contribution in [0.5, 0.6) is 0 Å². The van der Waals surface area contributed by atoms with E-state index in [1.807, 2.05) is 0 Å². The van der Waals surface area contributed by atoms with Crippen LogP contribution in [0.1, 0.15) is 58.8 Å². The first-order valence-corrected chi connectivity index (χ1v) is 8.80. The highest BCUT2D eigenvalue weighted by molar-refractivity contribution is 7.90. The number of rotatable bonds is 7. The molecule has 0 saturated heterocycles. The Bertz CT molecular complexity index is 320. The van der Waals surface area contributed by atoms with Gasteiger partial charge in [-0.3, -0.25) is 0 Å². The second-order valence-corrected chi connectivity index (χ2v) is 7.44. The predicted octanol–water partition coefficient (Wildman–Crippen LogP) is 2.00. The average Bonchev–Trinajstić information content (AvgIpc) is 2.39. The van der Waals surface area contributed by atoms with Crippen molar-refractivity contribution < 1.29 is 8.42 Å². The Labute approximate surface area is 112 Å². The van der Waals surface area contributed by atoms with Crippen LogP contribution in [0.25, 0.3) is 0 Å². The molecule has 108 valence electrons. The van der Waals surface area contributed by atoms with E-state index in [-0.39, 0.29) is 11.3 Å². The number of hydrogen-bond acceptors (Lipinski definition) is 3. The van der Waals surface area contributed by atoms with Gasteiger partial charge >= 0.3 is 0 Å². The van der Waals surface area contributed by atoms with Gasteiger partial charge in [0.1, 0.15) is 0 Å². The predicted molar refractivity (Wildman–Crippen MR) is 75.8 cm³/mol. The van der Waals surface area contributed by atoms with Crippen LogP contribution in [0, 0.1) is 5.92 Å². The minimum absolute atomic E-state index is 0.0710. The molecule has 0 aromatic rings. The minimum Gasteiger partial charge on any atom is -0.326 e. The lowest BCUT2D eigenvalue weighted by Gasteiger charge is -2.25. The Morgan fingerprint density at radius 2 is 1.72 bits per heavy atom. The van der Waals surface area contributed by atoms with E-state index in [1.54, 1.807) is 0 Å². The van der Waals surface area contributed by atoms with Crippen molar-refractivity contribution in [3.63, 3.8) is 0 Å². The van der Waals surface area contributed by atoms with Crippen LogP contribution < -0.4 is 10.5 Å². The Kier molecular flexibility index (Phi) is 6.60. The third kappa shape index (κ3) is 4.52. The molecule has 1 aliphatic rings. The van der Waals surface area contributed by atoms with E-state index in [1.165, 1.54) is 6.42 Å². The zero-order chi connectivity index (χ0) is 13.6. The summed E-state index contributed by atoms with van der Waals surface area (Å²) in [6, 6.07) is -0.0710. The molecule has 18 heavy (non-hydrogen) atoms. The van der Waals surface area contributed by atoms with E-state index in [0.29, 0.717) is 12.5 Å². The minimum atomic E-state index is -3.16. The summed E-state index contributed by atoms with van der Waals surface area (Å²) in [6.45, 7) is 4.58. The van der Waals surface area contributed by atoms with Crippen molar-refractivity contribution in [1.82, 2.24) is 4.72 Å². The van der Waals surface area contributed by atoms with Gasteiger partial charge in [-0.2, -0.15) is 0 Å². The lowest BCUT2D eigenvalue weighted by atomic mass is 9.95. The van der Waals surface area contributed by atoms with Crippen LogP contribution >= 0.6 is 0 Å². The lowest BCUT2D eigenvalue weighted by molar-refractivity contribution is 0.390. The lowest BCUT2D eigenvalue weighted by Crippen LogP contribution is -2.45. The third-order valence-corrected chi connectivity index (χ3v) is 6.08. The van der Waals surface area contributed by atoms with Gasteiger partial charge in [0.05, 0.1) is 5.25 Å². The van der Waals surface area contributed by atoms with Gasteiger partial charge in [-0.15, -0.1) is 0 Å². The molecular weight excluding hydrogens is 248 g/mol. The fourth-order valence-electron chi connectivity index (χ4n) is 2.77. The third-order valence-electron chi connectivity index (χ3n) is 4.17. The molecule has 1 fully saturated rings. The molecule has 0 aromatic carbocycles. The van der Waals surface area contributed by atoms with E-state index >= 15 is 0 Å². The second-order valence-electron chi connectivity index (χ2n) is 5.39. The normalized spacial score (nSPS) is 20.2. The van der Waals surface area contributed by atoms with Crippen LogP contribution in [0.4, 0.5) is 0 Å². The van der Waals surface area contributed by atoms with Crippen LogP contribution in [0.15, 0.2) is 0 Å². The number of nitrogens with two attached hydrogens (primary N) is 1. The first-order valence-electron chi connectivity index (χ1n) is 7.25. The van der Waals surface area contributed by atoms with E-state index in [2.05, 4.69) is 18.6 Å². The highest BCUT2D eigenvalue weighted by Crippen LogP contribution is 2.23. The Morgan fingerprint density at radius 3 is 2.22 bits per heavy atom. The van der Waals surface area contributed by atoms with Crippen molar-refractivity contribution in [2.75, 3.05) is 6.54 Å². The van der Waals surface area contributed by atoms with Gasteiger partial charge in [0.2, 0.25) is 10.0 Å². The zero-order valence-electron chi connectivity index (χ0n) is 11.7. The molecule has 0 radical (unpaired) electrons. The molecule has 0 amide bonds. The molecule has 1 atom stereocenters. The molecule has 0 spiro atoms. The molecule has 1 rings (SSSR count). The molecule has 3 N–H and O–H groups in total. The first kappa shape index (κ1) is 15.9. The monoisotopic (exact) mass is 276 g/mol. The van der Waals surface area contributed by atoms with E-state index in [0.717, 1.165) is 38.5 Å². The fourth-order valence-corrected chi connectivity index (χ4v) is 4.38. The van der Waals surface area contributed by atoms with Crippen molar-refractivity contribution in [1.29, 1.82) is 0 Å². The van der Waals surface area contributed by atoms with E-state index < -0.39 is 10.0 Å². The van der Waals surface area contributed by atoms with Crippen molar-refractivity contribution in [2.24, 2.45) is 11.7 Å². The molecule has 1 saturated carbocycles. The molecule has 5 heteroatoms. The Morgan fingerprint density at radius 1 is 1.17 bits per heavy atom. The number of nitrogens with one attached hydrogen (secondary N) is 1. The van der Waals surface area contributed by atoms with Gasteiger partial charge in [-0.25, -0.2) is 13.1 Å². The number of hydrogen-bond donors (Lipinski definition) is 2. The van der Waals surface area contributed by atoms with Crippen LogP contribution in [-0.4, -0.2) is 26.3 Å². The summed E-state index contributed by atoms with van der Waals surface area (Å²) in [5.74, 6) is 0.402. The smallest absolute Gasteiger partial charge is 0.214 e. The highest BCUT2D eigenvalue weighted by atomic mass is 32.2. The van der Waals surface area contributed by atoms with E-state index in [9.17, 15) is 8.42 Å². The van der Waals surface area contributed by atoms with Gasteiger partial charge in [-0.05, 0) is 18.8 Å². The van der Waals surface area contributed by atoms with Crippen LogP contribution in [0.3, 0.4) is 0 Å². The van der Waals surface area contributed by atoms with Gasteiger partial charge in [0, 0.05) is 12.6 Å². The molecule has 1 unspecified atom stereocenters. The van der Waals surface area contributed by atoms with E-state index in [4.69, 9.17) is 5.73 Å². The van der Waals surface area contributed by atoms with Gasteiger partial charge in [0.15, 0.2) is 0 Å². The average molecular weight is 276 g/mol. The van der Waals surface area contributed by atoms with Crippen LogP contribution in [-0.2, 0) is 10.0 Å². The topological polar surface area (TPSA) is 72.2 Å². The summed E-state index contributed by atoms with van der Waals surface area (Å²) >= 11 is 0. The van der Waals surface area contributed by atoms with Crippen molar-refractivity contribution in [3.8, 4) is 0 Å². The van der Waals surface area contributed by atoms with Crippen molar-refractivity contribution in [3.05, 3.63) is 0 Å². The standard InChI is InChI=1S/C13H28N2O2S/c1-3-11(4-2)13(14)10-15-18(16,17)12-8-6-5-7-9-12/h11-13,15H,3-10,14H2,1-2H3. The summed E-state index contributed by atoms with van der Waals surface area (Å²) in [7, 11) is -3.16. The zero-order valence-corrected chi connectivity index (χ0v) is 12.5. The van der Waals surface area contributed by atoms with Gasteiger partial charge in [-0.1, -0.05) is 46.0 Å². The first-order chi connectivity index (χ1) is 8.51. The largest absolute Gasteiger partial charge is 0.326 e. The van der Waals surface area contributed by atoms with Crippen molar-refractivity contribution in [2.45, 2.75) is 70.1 Å². The van der Waals surface area contributed by atoms with Crippen LogP contribution in [0.2, 0.25) is 0 Å². The maximum absolute atomic E-state index is 12.1. The molecule has 0 aromatic heterocycles. The quantitative estimate of drug-likeness (QED) is 0.747. The van der Waals surface area contributed by atoms with Gasteiger partial charge in [0.25, 0.3) is 0 Å². The summed E-state index contributed by atoms with van der Waals surface area (Å²) < 4.78 is 27.0. The molecule has 0 aliphatic heterocycles. The molecule has 4 nitrogen and oxygen atoms in total. The summed E-state index contributed by atoms with van der Waals surface area (Å²) in [5, 5.41) is -0.194. The Balaban J connectivity index is 2.45. The summed E-state index contributed by atoms with van der Waals surface area (Å²) in [4.78, 5) is 0. The highest BCUT2D eigenvalue weighted by Gasteiger charge is 2.27. The molecule has 0 heterocycles.